The van der Waals surface area contributed by atoms with Gasteiger partial charge in [0.05, 0.1) is 38.5 Å². The molecule has 10 nitrogen and oxygen atoms in total. The molecule has 3 heterocycles. The lowest BCUT2D eigenvalue weighted by Gasteiger charge is -2.37. The van der Waals surface area contributed by atoms with E-state index >= 15 is 0 Å². The van der Waals surface area contributed by atoms with Gasteiger partial charge in [-0.25, -0.2) is 13.8 Å². The minimum atomic E-state index is -2.77. The van der Waals surface area contributed by atoms with Gasteiger partial charge in [0.15, 0.2) is 5.82 Å². The quantitative estimate of drug-likeness (QED) is 0.136. The summed E-state index contributed by atoms with van der Waals surface area (Å²) in [6.45, 7) is 4.69. The third-order valence-electron chi connectivity index (χ3n) is 10.1. The van der Waals surface area contributed by atoms with Crippen LogP contribution < -0.4 is 19.7 Å². The molecule has 0 atom stereocenters. The van der Waals surface area contributed by atoms with Crippen molar-refractivity contribution < 1.29 is 23.0 Å². The molecule has 1 saturated carbocycles. The van der Waals surface area contributed by atoms with Gasteiger partial charge in [-0.15, -0.1) is 0 Å². The van der Waals surface area contributed by atoms with Crippen LogP contribution >= 0.6 is 0 Å². The number of methoxy groups -OCH3 is 2. The Kier molecular flexibility index (Phi) is 10.9. The molecule has 268 valence electrons. The molecule has 0 spiro atoms. The fraction of sp³-hybridized carbons (Fsp3) is 0.410. The van der Waals surface area contributed by atoms with Crippen molar-refractivity contribution in [1.29, 1.82) is 0 Å². The van der Waals surface area contributed by atoms with Gasteiger partial charge in [0.1, 0.15) is 23.1 Å². The summed E-state index contributed by atoms with van der Waals surface area (Å²) in [5.41, 5.74) is 3.39. The zero-order chi connectivity index (χ0) is 35.2. The first-order valence-corrected chi connectivity index (χ1v) is 17.7. The van der Waals surface area contributed by atoms with E-state index in [2.05, 4.69) is 44.4 Å². The molecule has 2 aromatic heterocycles. The van der Waals surface area contributed by atoms with Gasteiger partial charge in [-0.2, -0.15) is 9.97 Å². The molecule has 0 unspecified atom stereocenters. The van der Waals surface area contributed by atoms with E-state index in [1.165, 1.54) is 4.57 Å². The highest BCUT2D eigenvalue weighted by Gasteiger charge is 2.28. The van der Waals surface area contributed by atoms with Crippen molar-refractivity contribution in [2.45, 2.75) is 51.2 Å². The van der Waals surface area contributed by atoms with Gasteiger partial charge in [0.25, 0.3) is 6.43 Å². The third kappa shape index (κ3) is 7.92. The number of benzene rings is 3. The number of rotatable bonds is 13. The summed E-state index contributed by atoms with van der Waals surface area (Å²) in [7, 11) is 3.44. The predicted molar refractivity (Wildman–Crippen MR) is 194 cm³/mol. The molecule has 0 radical (unpaired) electrons. The van der Waals surface area contributed by atoms with Crippen LogP contribution in [0.15, 0.2) is 78.9 Å². The number of nitrogens with zero attached hydrogens (tertiary/aromatic N) is 6. The van der Waals surface area contributed by atoms with Crippen molar-refractivity contribution in [3.63, 3.8) is 0 Å². The molecule has 7 rings (SSSR count). The number of alkyl halides is 2. The average Bonchev–Trinajstić information content (AvgIpc) is 3.58. The smallest absolute Gasteiger partial charge is 0.296 e. The molecular formula is C39H45F2N7O3. The second kappa shape index (κ2) is 16.0. The Bertz CT molecular complexity index is 1860. The Labute approximate surface area is 297 Å². The van der Waals surface area contributed by atoms with E-state index in [9.17, 15) is 8.78 Å². The highest BCUT2D eigenvalue weighted by Crippen LogP contribution is 2.34. The van der Waals surface area contributed by atoms with E-state index in [1.54, 1.807) is 38.5 Å². The van der Waals surface area contributed by atoms with Crippen molar-refractivity contribution >= 4 is 22.8 Å². The summed E-state index contributed by atoms with van der Waals surface area (Å²) >= 11 is 0. The zero-order valence-electron chi connectivity index (χ0n) is 29.2. The van der Waals surface area contributed by atoms with Crippen molar-refractivity contribution in [2.24, 2.45) is 5.92 Å². The number of ether oxygens (including phenoxy) is 3. The SMILES string of the molecule is COc1ccccc1CN(Cc1ccccc1OC)[C@H]1CC[C@H](CNc2nc(N3CCOCC3)cc(-n3c(C(F)F)nc4ccccc43)n2)CC1. The third-order valence-corrected chi connectivity index (χ3v) is 10.1. The average molecular weight is 698 g/mol. The van der Waals surface area contributed by atoms with Gasteiger partial charge in [0, 0.05) is 56.0 Å². The lowest BCUT2D eigenvalue weighted by Crippen LogP contribution is -2.38. The molecule has 1 aliphatic carbocycles. The number of imidazole rings is 1. The maximum atomic E-state index is 14.3. The molecule has 3 aromatic carbocycles. The highest BCUT2D eigenvalue weighted by molar-refractivity contribution is 5.78. The molecule has 51 heavy (non-hydrogen) atoms. The fourth-order valence-electron chi connectivity index (χ4n) is 7.37. The van der Waals surface area contributed by atoms with Gasteiger partial charge in [0.2, 0.25) is 5.95 Å². The summed E-state index contributed by atoms with van der Waals surface area (Å²) < 4.78 is 47.1. The second-order valence-corrected chi connectivity index (χ2v) is 13.2. The van der Waals surface area contributed by atoms with Crippen LogP contribution in [0.1, 0.15) is 49.1 Å². The summed E-state index contributed by atoms with van der Waals surface area (Å²) in [6, 6.07) is 25.8. The maximum absolute atomic E-state index is 14.3. The van der Waals surface area contributed by atoms with Crippen molar-refractivity contribution in [3.8, 4) is 17.3 Å². The molecule has 12 heteroatoms. The number of halogens is 2. The molecule has 1 N–H and O–H groups in total. The van der Waals surface area contributed by atoms with E-state index < -0.39 is 6.43 Å². The molecule has 1 aliphatic heterocycles. The van der Waals surface area contributed by atoms with Crippen LogP contribution in [0.3, 0.4) is 0 Å². The molecule has 2 aliphatic rings. The number of morpholine rings is 1. The Morgan fingerprint density at radius 1 is 0.804 bits per heavy atom. The number of hydrogen-bond donors (Lipinski definition) is 1. The van der Waals surface area contributed by atoms with Crippen LogP contribution in [0.5, 0.6) is 11.5 Å². The van der Waals surface area contributed by atoms with Crippen LogP contribution in [0, 0.1) is 5.92 Å². The molecule has 5 aromatic rings. The van der Waals surface area contributed by atoms with E-state index in [4.69, 9.17) is 24.2 Å². The molecule has 0 bridgehead atoms. The normalized spacial score (nSPS) is 18.0. The van der Waals surface area contributed by atoms with E-state index in [-0.39, 0.29) is 5.82 Å². The van der Waals surface area contributed by atoms with Gasteiger partial charge < -0.3 is 24.4 Å². The van der Waals surface area contributed by atoms with E-state index in [1.807, 2.05) is 30.3 Å². The van der Waals surface area contributed by atoms with Gasteiger partial charge in [-0.05, 0) is 55.9 Å². The monoisotopic (exact) mass is 697 g/mol. The lowest BCUT2D eigenvalue weighted by molar-refractivity contribution is 0.121. The molecular weight excluding hydrogens is 652 g/mol. The zero-order valence-corrected chi connectivity index (χ0v) is 29.2. The van der Waals surface area contributed by atoms with Gasteiger partial charge in [-0.1, -0.05) is 48.5 Å². The van der Waals surface area contributed by atoms with Crippen LogP contribution in [-0.2, 0) is 17.8 Å². The number of hydrogen-bond acceptors (Lipinski definition) is 9. The van der Waals surface area contributed by atoms with E-state index in [0.29, 0.717) is 73.4 Å². The van der Waals surface area contributed by atoms with E-state index in [0.717, 1.165) is 61.4 Å². The standard InChI is InChI=1S/C39H45F2N7O3/c1-49-33-13-7-3-9-28(33)25-47(26-29-10-4-8-14-34(29)50-2)30-17-15-27(16-18-30)24-42-39-44-35(46-19-21-51-22-20-46)23-36(45-39)48-32-12-6-5-11-31(32)43-38(48)37(40)41/h3-14,23,27,30,37H,15-22,24-26H2,1-2H3,(H,42,44,45)/t27-,30-. The lowest BCUT2D eigenvalue weighted by atomic mass is 9.85. The Morgan fingerprint density at radius 2 is 1.41 bits per heavy atom. The second-order valence-electron chi connectivity index (χ2n) is 13.2. The Balaban J connectivity index is 1.09. The molecule has 1 saturated heterocycles. The first-order chi connectivity index (χ1) is 25.0. The largest absolute Gasteiger partial charge is 0.496 e. The summed E-state index contributed by atoms with van der Waals surface area (Å²) in [5.74, 6) is 3.32. The molecule has 0 amide bonds. The van der Waals surface area contributed by atoms with Gasteiger partial charge in [-0.3, -0.25) is 9.47 Å². The van der Waals surface area contributed by atoms with Crippen LogP contribution in [0.4, 0.5) is 20.5 Å². The number of para-hydroxylation sites is 4. The predicted octanol–water partition coefficient (Wildman–Crippen LogP) is 7.28. The van der Waals surface area contributed by atoms with Crippen LogP contribution in [-0.4, -0.2) is 77.5 Å². The number of anilines is 2. The first-order valence-electron chi connectivity index (χ1n) is 17.7. The summed E-state index contributed by atoms with van der Waals surface area (Å²) in [6.07, 6.45) is 1.37. The Morgan fingerprint density at radius 3 is 2.06 bits per heavy atom. The number of nitrogens with one attached hydrogen (secondary N) is 1. The van der Waals surface area contributed by atoms with Crippen molar-refractivity contribution in [1.82, 2.24) is 24.4 Å². The highest BCUT2D eigenvalue weighted by atomic mass is 19.3. The summed E-state index contributed by atoms with van der Waals surface area (Å²) in [4.78, 5) is 18.6. The minimum absolute atomic E-state index is 0.335. The minimum Gasteiger partial charge on any atom is -0.496 e. The number of fused-ring (bicyclic) bond motifs is 1. The van der Waals surface area contributed by atoms with Gasteiger partial charge >= 0.3 is 0 Å². The summed E-state index contributed by atoms with van der Waals surface area (Å²) in [5, 5.41) is 3.50. The topological polar surface area (TPSA) is 89.8 Å². The van der Waals surface area contributed by atoms with Crippen LogP contribution in [0.2, 0.25) is 0 Å². The van der Waals surface area contributed by atoms with Crippen molar-refractivity contribution in [2.75, 3.05) is 57.3 Å². The maximum Gasteiger partial charge on any atom is 0.296 e. The van der Waals surface area contributed by atoms with Crippen molar-refractivity contribution in [3.05, 3.63) is 95.8 Å². The molecule has 2 fully saturated rings. The Hall–Kier alpha value is -4.81. The first kappa shape index (κ1) is 34.6. The van der Waals surface area contributed by atoms with Crippen LogP contribution in [0.25, 0.3) is 16.9 Å². The number of aromatic nitrogens is 4. The fourth-order valence-corrected chi connectivity index (χ4v) is 7.37.